The number of halogens is 1. The molecule has 20 heavy (non-hydrogen) atoms. The van der Waals surface area contributed by atoms with E-state index in [1.54, 1.807) is 18.3 Å². The minimum atomic E-state index is -0.230. The number of rotatable bonds is 4. The summed E-state index contributed by atoms with van der Waals surface area (Å²) in [4.78, 5) is 4.11. The minimum Gasteiger partial charge on any atom is -0.395 e. The zero-order valence-electron chi connectivity index (χ0n) is 11.2. The Morgan fingerprint density at radius 1 is 1.40 bits per heavy atom. The lowest BCUT2D eigenvalue weighted by atomic mass is 10.1. The number of hydrogen-bond acceptors (Lipinski definition) is 4. The van der Waals surface area contributed by atoms with Gasteiger partial charge in [-0.25, -0.2) is 9.37 Å². The Bertz CT molecular complexity index is 661. The molecule has 0 aliphatic rings. The van der Waals surface area contributed by atoms with Crippen molar-refractivity contribution < 1.29 is 4.39 Å². The third-order valence-electron chi connectivity index (χ3n) is 3.10. The highest BCUT2D eigenvalue weighted by Gasteiger charge is 2.06. The van der Waals surface area contributed by atoms with Crippen molar-refractivity contribution in [3.63, 3.8) is 0 Å². The first-order valence-electron chi connectivity index (χ1n) is 6.25. The maximum atomic E-state index is 13.0. The van der Waals surface area contributed by atoms with Gasteiger partial charge in [-0.1, -0.05) is 6.07 Å². The van der Waals surface area contributed by atoms with Crippen LogP contribution >= 0.6 is 0 Å². The van der Waals surface area contributed by atoms with Gasteiger partial charge in [0.05, 0.1) is 11.3 Å². The predicted molar refractivity (Wildman–Crippen MR) is 76.7 cm³/mol. The number of aryl methyl sites for hydroxylation is 1. The second-order valence-electron chi connectivity index (χ2n) is 4.48. The Labute approximate surface area is 117 Å². The van der Waals surface area contributed by atoms with Crippen LogP contribution in [-0.4, -0.2) is 11.5 Å². The zero-order chi connectivity index (χ0) is 14.5. The Hall–Kier alpha value is -2.61. The largest absolute Gasteiger partial charge is 0.395 e. The quantitative estimate of drug-likeness (QED) is 0.895. The molecule has 0 saturated heterocycles. The highest BCUT2D eigenvalue weighted by molar-refractivity contribution is 5.68. The molecule has 2 aromatic rings. The van der Waals surface area contributed by atoms with Crippen LogP contribution in [0.15, 0.2) is 30.5 Å². The SMILES string of the molecule is Cc1cc(F)ccc1CCNc1nccc(C#N)c1N. The molecular formula is C15H15FN4. The van der Waals surface area contributed by atoms with Crippen molar-refractivity contribution in [2.45, 2.75) is 13.3 Å². The van der Waals surface area contributed by atoms with E-state index in [1.807, 2.05) is 13.0 Å². The van der Waals surface area contributed by atoms with Gasteiger partial charge in [-0.3, -0.25) is 0 Å². The average molecular weight is 270 g/mol. The smallest absolute Gasteiger partial charge is 0.150 e. The number of anilines is 2. The van der Waals surface area contributed by atoms with Gasteiger partial charge >= 0.3 is 0 Å². The normalized spacial score (nSPS) is 10.1. The van der Waals surface area contributed by atoms with Gasteiger partial charge in [-0.05, 0) is 42.7 Å². The number of aromatic nitrogens is 1. The van der Waals surface area contributed by atoms with Crippen LogP contribution in [0.3, 0.4) is 0 Å². The van der Waals surface area contributed by atoms with Crippen LogP contribution in [-0.2, 0) is 6.42 Å². The number of hydrogen-bond donors (Lipinski definition) is 2. The van der Waals surface area contributed by atoms with E-state index in [1.165, 1.54) is 12.1 Å². The first-order valence-corrected chi connectivity index (χ1v) is 6.25. The predicted octanol–water partition coefficient (Wildman–Crippen LogP) is 2.64. The summed E-state index contributed by atoms with van der Waals surface area (Å²) in [6, 6.07) is 8.32. The standard InChI is InChI=1S/C15H15FN4/c1-10-8-13(16)3-2-11(10)4-6-19-15-14(18)12(9-17)5-7-20-15/h2-3,5,7-8H,4,6,18H2,1H3,(H,19,20). The van der Waals surface area contributed by atoms with E-state index >= 15 is 0 Å². The van der Waals surface area contributed by atoms with Gasteiger partial charge in [0.15, 0.2) is 5.82 Å². The second-order valence-corrected chi connectivity index (χ2v) is 4.48. The number of nitrogens with one attached hydrogen (secondary N) is 1. The first-order chi connectivity index (χ1) is 9.61. The topological polar surface area (TPSA) is 74.7 Å². The highest BCUT2D eigenvalue weighted by Crippen LogP contribution is 2.19. The number of benzene rings is 1. The van der Waals surface area contributed by atoms with Crippen LogP contribution in [0, 0.1) is 24.1 Å². The van der Waals surface area contributed by atoms with Crippen molar-refractivity contribution in [3.05, 3.63) is 53.0 Å². The lowest BCUT2D eigenvalue weighted by Gasteiger charge is -2.10. The van der Waals surface area contributed by atoms with Crippen molar-refractivity contribution in [3.8, 4) is 6.07 Å². The average Bonchev–Trinajstić information content (AvgIpc) is 2.43. The summed E-state index contributed by atoms with van der Waals surface area (Å²) in [5.74, 6) is 0.274. The molecule has 0 amide bonds. The molecule has 0 bridgehead atoms. The van der Waals surface area contributed by atoms with E-state index < -0.39 is 0 Å². The molecule has 0 radical (unpaired) electrons. The molecule has 0 aliphatic heterocycles. The summed E-state index contributed by atoms with van der Waals surface area (Å²) in [5.41, 5.74) is 8.56. The molecule has 5 heteroatoms. The van der Waals surface area contributed by atoms with E-state index in [9.17, 15) is 4.39 Å². The molecule has 2 rings (SSSR count). The Morgan fingerprint density at radius 3 is 2.90 bits per heavy atom. The third kappa shape index (κ3) is 3.04. The molecule has 0 fully saturated rings. The zero-order valence-corrected chi connectivity index (χ0v) is 11.2. The van der Waals surface area contributed by atoms with Crippen LogP contribution in [0.5, 0.6) is 0 Å². The molecule has 1 heterocycles. The summed E-state index contributed by atoms with van der Waals surface area (Å²) in [5, 5.41) is 12.0. The molecular weight excluding hydrogens is 255 g/mol. The number of nitrogen functional groups attached to an aromatic ring is 1. The monoisotopic (exact) mass is 270 g/mol. The van der Waals surface area contributed by atoms with Gasteiger partial charge < -0.3 is 11.1 Å². The molecule has 1 aromatic carbocycles. The molecule has 4 nitrogen and oxygen atoms in total. The molecule has 1 aromatic heterocycles. The van der Waals surface area contributed by atoms with Crippen molar-refractivity contribution in [2.24, 2.45) is 0 Å². The third-order valence-corrected chi connectivity index (χ3v) is 3.10. The summed E-state index contributed by atoms with van der Waals surface area (Å²) in [7, 11) is 0. The number of nitrogens with two attached hydrogens (primary N) is 1. The van der Waals surface area contributed by atoms with E-state index in [4.69, 9.17) is 11.0 Å². The van der Waals surface area contributed by atoms with Gasteiger partial charge in [0, 0.05) is 12.7 Å². The van der Waals surface area contributed by atoms with E-state index in [-0.39, 0.29) is 5.82 Å². The van der Waals surface area contributed by atoms with Gasteiger partial charge in [0.25, 0.3) is 0 Å². The van der Waals surface area contributed by atoms with Crippen LogP contribution in [0.4, 0.5) is 15.9 Å². The fourth-order valence-corrected chi connectivity index (χ4v) is 1.97. The maximum Gasteiger partial charge on any atom is 0.150 e. The summed E-state index contributed by atoms with van der Waals surface area (Å²) in [6.07, 6.45) is 2.27. The number of pyridine rings is 1. The fraction of sp³-hybridized carbons (Fsp3) is 0.200. The van der Waals surface area contributed by atoms with E-state index in [0.717, 1.165) is 17.5 Å². The van der Waals surface area contributed by atoms with Gasteiger partial charge in [-0.2, -0.15) is 5.26 Å². The van der Waals surface area contributed by atoms with Crippen molar-refractivity contribution in [1.29, 1.82) is 5.26 Å². The van der Waals surface area contributed by atoms with Gasteiger partial charge in [0.2, 0.25) is 0 Å². The number of nitriles is 1. The van der Waals surface area contributed by atoms with E-state index in [0.29, 0.717) is 23.6 Å². The Balaban J connectivity index is 2.02. The second kappa shape index (κ2) is 6.02. The van der Waals surface area contributed by atoms with Gasteiger partial charge in [0.1, 0.15) is 11.9 Å². The van der Waals surface area contributed by atoms with Crippen LogP contribution in [0.2, 0.25) is 0 Å². The first kappa shape index (κ1) is 13.8. The fourth-order valence-electron chi connectivity index (χ4n) is 1.97. The highest BCUT2D eigenvalue weighted by atomic mass is 19.1. The molecule has 0 saturated carbocycles. The molecule has 0 atom stereocenters. The molecule has 0 aliphatic carbocycles. The molecule has 3 N–H and O–H groups in total. The Morgan fingerprint density at radius 2 is 2.20 bits per heavy atom. The van der Waals surface area contributed by atoms with E-state index in [2.05, 4.69) is 10.3 Å². The van der Waals surface area contributed by atoms with Crippen molar-refractivity contribution in [2.75, 3.05) is 17.6 Å². The van der Waals surface area contributed by atoms with Crippen molar-refractivity contribution in [1.82, 2.24) is 4.98 Å². The lowest BCUT2D eigenvalue weighted by molar-refractivity contribution is 0.625. The van der Waals surface area contributed by atoms with Crippen LogP contribution in [0.1, 0.15) is 16.7 Å². The van der Waals surface area contributed by atoms with Gasteiger partial charge in [-0.15, -0.1) is 0 Å². The maximum absolute atomic E-state index is 13.0. The minimum absolute atomic E-state index is 0.230. The Kier molecular flexibility index (Phi) is 4.16. The molecule has 0 spiro atoms. The summed E-state index contributed by atoms with van der Waals surface area (Å²) < 4.78 is 13.0. The summed E-state index contributed by atoms with van der Waals surface area (Å²) >= 11 is 0. The van der Waals surface area contributed by atoms with Crippen LogP contribution < -0.4 is 11.1 Å². The number of nitrogens with zero attached hydrogens (tertiary/aromatic N) is 2. The lowest BCUT2D eigenvalue weighted by Crippen LogP contribution is -2.10. The molecule has 0 unspecified atom stereocenters. The molecule has 102 valence electrons. The summed E-state index contributed by atoms with van der Waals surface area (Å²) in [6.45, 7) is 2.49. The van der Waals surface area contributed by atoms with Crippen LogP contribution in [0.25, 0.3) is 0 Å². The van der Waals surface area contributed by atoms with Crippen molar-refractivity contribution >= 4 is 11.5 Å².